The second kappa shape index (κ2) is 7.09. The minimum Gasteiger partial charge on any atom is -0.496 e. The molecule has 26 heavy (non-hydrogen) atoms. The van der Waals surface area contributed by atoms with E-state index in [0.717, 1.165) is 11.6 Å². The Labute approximate surface area is 154 Å². The van der Waals surface area contributed by atoms with E-state index < -0.39 is 11.3 Å². The van der Waals surface area contributed by atoms with Crippen molar-refractivity contribution in [3.05, 3.63) is 63.0 Å². The van der Waals surface area contributed by atoms with Crippen LogP contribution in [0.1, 0.15) is 16.1 Å². The summed E-state index contributed by atoms with van der Waals surface area (Å²) in [6, 6.07) is 9.35. The van der Waals surface area contributed by atoms with E-state index in [1.54, 1.807) is 24.3 Å². The normalized spacial score (nSPS) is 10.6. The van der Waals surface area contributed by atoms with Crippen LogP contribution in [0.5, 0.6) is 11.5 Å². The van der Waals surface area contributed by atoms with E-state index in [1.807, 2.05) is 6.92 Å². The van der Waals surface area contributed by atoms with Crippen LogP contribution in [0.15, 0.2) is 45.6 Å². The Bertz CT molecular complexity index is 1060. The molecule has 0 spiro atoms. The van der Waals surface area contributed by atoms with Crippen molar-refractivity contribution in [3.63, 3.8) is 0 Å². The van der Waals surface area contributed by atoms with Gasteiger partial charge in [-0.3, -0.25) is 9.59 Å². The van der Waals surface area contributed by atoms with Gasteiger partial charge in [0, 0.05) is 28.9 Å². The summed E-state index contributed by atoms with van der Waals surface area (Å²) in [6.45, 7) is 1.86. The van der Waals surface area contributed by atoms with Crippen molar-refractivity contribution in [1.29, 1.82) is 0 Å². The Kier molecular flexibility index (Phi) is 4.86. The molecule has 1 aromatic heterocycles. The number of halogens is 1. The topological polar surface area (TPSA) is 77.8 Å². The summed E-state index contributed by atoms with van der Waals surface area (Å²) < 4.78 is 16.0. The molecule has 0 bridgehead atoms. The summed E-state index contributed by atoms with van der Waals surface area (Å²) >= 11 is 6.06. The quantitative estimate of drug-likeness (QED) is 0.747. The average molecular weight is 374 g/mol. The van der Waals surface area contributed by atoms with Gasteiger partial charge in [0.1, 0.15) is 22.5 Å². The number of carbonyl (C=O) groups is 1. The first-order valence-corrected chi connectivity index (χ1v) is 8.08. The Balaban J connectivity index is 2.03. The molecule has 0 radical (unpaired) electrons. The third-order valence-corrected chi connectivity index (χ3v) is 4.28. The van der Waals surface area contributed by atoms with Crippen LogP contribution in [0.25, 0.3) is 11.0 Å². The van der Waals surface area contributed by atoms with Crippen molar-refractivity contribution < 1.29 is 18.7 Å². The Morgan fingerprint density at radius 2 is 1.88 bits per heavy atom. The number of carbonyl (C=O) groups excluding carboxylic acids is 1. The number of nitrogens with one attached hydrogen (secondary N) is 1. The number of hydrogen-bond acceptors (Lipinski definition) is 5. The number of hydrogen-bond donors (Lipinski definition) is 1. The Morgan fingerprint density at radius 1 is 1.12 bits per heavy atom. The van der Waals surface area contributed by atoms with Crippen LogP contribution in [0.4, 0.5) is 5.69 Å². The minimum absolute atomic E-state index is 0.130. The van der Waals surface area contributed by atoms with Gasteiger partial charge in [-0.1, -0.05) is 17.7 Å². The number of ether oxygens (including phenoxy) is 2. The Hall–Kier alpha value is -2.99. The highest BCUT2D eigenvalue weighted by atomic mass is 35.5. The zero-order valence-corrected chi connectivity index (χ0v) is 15.1. The maximum Gasteiger partial charge on any atom is 0.291 e. The lowest BCUT2D eigenvalue weighted by Gasteiger charge is -2.10. The fourth-order valence-electron chi connectivity index (χ4n) is 2.48. The maximum absolute atomic E-state index is 12.5. The summed E-state index contributed by atoms with van der Waals surface area (Å²) in [4.78, 5) is 24.9. The van der Waals surface area contributed by atoms with Crippen LogP contribution in [-0.4, -0.2) is 20.1 Å². The number of anilines is 1. The molecule has 0 fully saturated rings. The molecule has 3 aromatic rings. The summed E-state index contributed by atoms with van der Waals surface area (Å²) in [5, 5.41) is 3.42. The Morgan fingerprint density at radius 3 is 2.54 bits per heavy atom. The number of benzene rings is 2. The monoisotopic (exact) mass is 373 g/mol. The molecule has 2 aromatic carbocycles. The van der Waals surface area contributed by atoms with E-state index in [2.05, 4.69) is 5.32 Å². The molecule has 0 saturated heterocycles. The standard InChI is InChI=1S/C19H16ClNO5/c1-10-4-5-11(6-13(10)20)21-19(23)17-9-14(22)18-15(25-3)7-12(24-2)8-16(18)26-17/h4-9H,1-3H3,(H,21,23). The molecule has 1 amide bonds. The molecule has 0 saturated carbocycles. The predicted molar refractivity (Wildman–Crippen MR) is 99.7 cm³/mol. The van der Waals surface area contributed by atoms with Gasteiger partial charge in [0.25, 0.3) is 5.91 Å². The van der Waals surface area contributed by atoms with Crippen molar-refractivity contribution in [2.45, 2.75) is 6.92 Å². The molecule has 1 heterocycles. The molecule has 0 atom stereocenters. The molecular formula is C19H16ClNO5. The molecule has 0 aliphatic rings. The van der Waals surface area contributed by atoms with Crippen LogP contribution in [-0.2, 0) is 0 Å². The summed E-state index contributed by atoms with van der Waals surface area (Å²) in [7, 11) is 2.92. The highest BCUT2D eigenvalue weighted by molar-refractivity contribution is 6.31. The van der Waals surface area contributed by atoms with Crippen molar-refractivity contribution >= 4 is 34.2 Å². The van der Waals surface area contributed by atoms with Crippen molar-refractivity contribution in [2.75, 3.05) is 19.5 Å². The molecule has 134 valence electrons. The molecule has 7 heteroatoms. The van der Waals surface area contributed by atoms with E-state index >= 15 is 0 Å². The predicted octanol–water partition coefficient (Wildman–Crippen LogP) is 4.02. The van der Waals surface area contributed by atoms with E-state index in [9.17, 15) is 9.59 Å². The summed E-state index contributed by atoms with van der Waals surface area (Å²) in [6.07, 6.45) is 0. The van der Waals surface area contributed by atoms with Gasteiger partial charge in [0.15, 0.2) is 11.2 Å². The van der Waals surface area contributed by atoms with Crippen LogP contribution in [0, 0.1) is 6.92 Å². The fourth-order valence-corrected chi connectivity index (χ4v) is 2.66. The summed E-state index contributed by atoms with van der Waals surface area (Å²) in [5.74, 6) is 0.0611. The highest BCUT2D eigenvalue weighted by Gasteiger charge is 2.17. The van der Waals surface area contributed by atoms with Crippen molar-refractivity contribution in [3.8, 4) is 11.5 Å². The van der Waals surface area contributed by atoms with Gasteiger partial charge in [-0.15, -0.1) is 0 Å². The van der Waals surface area contributed by atoms with Gasteiger partial charge < -0.3 is 19.2 Å². The van der Waals surface area contributed by atoms with Crippen molar-refractivity contribution in [1.82, 2.24) is 0 Å². The first-order valence-electron chi connectivity index (χ1n) is 7.70. The maximum atomic E-state index is 12.5. The highest BCUT2D eigenvalue weighted by Crippen LogP contribution is 2.29. The molecule has 3 rings (SSSR count). The zero-order valence-electron chi connectivity index (χ0n) is 14.4. The lowest BCUT2D eigenvalue weighted by atomic mass is 10.2. The lowest BCUT2D eigenvalue weighted by Crippen LogP contribution is -2.15. The largest absolute Gasteiger partial charge is 0.496 e. The number of aryl methyl sites for hydroxylation is 1. The molecule has 0 aliphatic carbocycles. The number of fused-ring (bicyclic) bond motifs is 1. The van der Waals surface area contributed by atoms with E-state index in [1.165, 1.54) is 20.3 Å². The molecule has 6 nitrogen and oxygen atoms in total. The zero-order chi connectivity index (χ0) is 18.8. The lowest BCUT2D eigenvalue weighted by molar-refractivity contribution is 0.0997. The van der Waals surface area contributed by atoms with E-state index in [-0.39, 0.29) is 16.7 Å². The SMILES string of the molecule is COc1cc(OC)c2c(=O)cc(C(=O)Nc3ccc(C)c(Cl)c3)oc2c1. The first-order chi connectivity index (χ1) is 12.4. The van der Waals surface area contributed by atoms with Crippen LogP contribution in [0.3, 0.4) is 0 Å². The third-order valence-electron chi connectivity index (χ3n) is 3.88. The molecule has 0 unspecified atom stereocenters. The third kappa shape index (κ3) is 3.36. The number of rotatable bonds is 4. The second-order valence-corrected chi connectivity index (χ2v) is 6.00. The molecule has 1 N–H and O–H groups in total. The molecular weight excluding hydrogens is 358 g/mol. The van der Waals surface area contributed by atoms with Gasteiger partial charge in [-0.25, -0.2) is 0 Å². The van der Waals surface area contributed by atoms with Gasteiger partial charge in [0.05, 0.1) is 14.2 Å². The van der Waals surface area contributed by atoms with E-state index in [4.69, 9.17) is 25.5 Å². The molecule has 0 aliphatic heterocycles. The fraction of sp³-hybridized carbons (Fsp3) is 0.158. The summed E-state index contributed by atoms with van der Waals surface area (Å²) in [5.41, 5.74) is 1.19. The van der Waals surface area contributed by atoms with Crippen LogP contribution in [0.2, 0.25) is 5.02 Å². The van der Waals surface area contributed by atoms with Gasteiger partial charge in [0.2, 0.25) is 0 Å². The van der Waals surface area contributed by atoms with Gasteiger partial charge in [-0.05, 0) is 24.6 Å². The number of methoxy groups -OCH3 is 2. The first kappa shape index (κ1) is 17.8. The van der Waals surface area contributed by atoms with Crippen LogP contribution >= 0.6 is 11.6 Å². The van der Waals surface area contributed by atoms with Gasteiger partial charge in [-0.2, -0.15) is 0 Å². The minimum atomic E-state index is -0.564. The van der Waals surface area contributed by atoms with E-state index in [0.29, 0.717) is 22.2 Å². The average Bonchev–Trinajstić information content (AvgIpc) is 2.63. The smallest absolute Gasteiger partial charge is 0.291 e. The van der Waals surface area contributed by atoms with Gasteiger partial charge >= 0.3 is 0 Å². The van der Waals surface area contributed by atoms with Crippen molar-refractivity contribution in [2.24, 2.45) is 0 Å². The number of amides is 1. The van der Waals surface area contributed by atoms with Crippen LogP contribution < -0.4 is 20.2 Å². The second-order valence-electron chi connectivity index (χ2n) is 5.60.